The molecule has 364 valence electrons. The van der Waals surface area contributed by atoms with Crippen molar-refractivity contribution in [1.29, 1.82) is 0 Å². The summed E-state index contributed by atoms with van der Waals surface area (Å²) in [7, 11) is 0. The van der Waals surface area contributed by atoms with E-state index in [-0.39, 0.29) is 0 Å². The van der Waals surface area contributed by atoms with Crippen molar-refractivity contribution in [2.24, 2.45) is 59.2 Å². The summed E-state index contributed by atoms with van der Waals surface area (Å²) in [6.45, 7) is 36.9. The van der Waals surface area contributed by atoms with Gasteiger partial charge in [-0.25, -0.2) is 0 Å². The molecule has 0 N–H and O–H groups in total. The summed E-state index contributed by atoms with van der Waals surface area (Å²) in [6.07, 6.45) is 33.3. The van der Waals surface area contributed by atoms with E-state index in [2.05, 4.69) is 144 Å². The first-order valence-corrected chi connectivity index (χ1v) is 28.6. The Morgan fingerprint density at radius 2 is 0.508 bits per heavy atom. The van der Waals surface area contributed by atoms with E-state index in [1.165, 1.54) is 171 Å². The fourth-order valence-electron chi connectivity index (χ4n) is 10.5. The van der Waals surface area contributed by atoms with Crippen molar-refractivity contribution in [2.45, 2.75) is 264 Å². The molecule has 0 bridgehead atoms. The largest absolute Gasteiger partial charge is 0.0628 e. The average molecular weight is 934 g/mol. The minimum absolute atomic E-state index is 0.754. The molecule has 0 spiro atoms. The van der Waals surface area contributed by atoms with Gasteiger partial charge in [-0.05, 0) is 174 Å². The Morgan fingerprint density at radius 3 is 0.746 bits per heavy atom. The highest BCUT2D eigenvalue weighted by atomic mass is 79.9. The zero-order valence-electron chi connectivity index (χ0n) is 45.1. The summed E-state index contributed by atoms with van der Waals surface area (Å²) in [4.78, 5) is 0. The van der Waals surface area contributed by atoms with Gasteiger partial charge in [-0.15, -0.1) is 0 Å². The van der Waals surface area contributed by atoms with Crippen molar-refractivity contribution in [1.82, 2.24) is 0 Å². The van der Waals surface area contributed by atoms with Crippen LogP contribution in [0.3, 0.4) is 0 Å². The van der Waals surface area contributed by atoms with Crippen molar-refractivity contribution in [3.63, 3.8) is 0 Å². The van der Waals surface area contributed by atoms with Gasteiger partial charge in [-0.2, -0.15) is 0 Å². The van der Waals surface area contributed by atoms with Crippen LogP contribution in [-0.2, 0) is 32.1 Å². The van der Waals surface area contributed by atoms with Crippen molar-refractivity contribution in [3.8, 4) is 11.1 Å². The Balaban J connectivity index is 2.95. The lowest BCUT2D eigenvalue weighted by Gasteiger charge is -2.30. The molecule has 0 aliphatic heterocycles. The van der Waals surface area contributed by atoms with Gasteiger partial charge in [-0.1, -0.05) is 228 Å². The van der Waals surface area contributed by atoms with Crippen LogP contribution in [0.4, 0.5) is 0 Å². The molecule has 2 aromatic rings. The second-order valence-corrected chi connectivity index (χ2v) is 25.0. The van der Waals surface area contributed by atoms with Gasteiger partial charge < -0.3 is 0 Å². The number of rotatable bonds is 36. The molecule has 0 heterocycles. The van der Waals surface area contributed by atoms with Crippen LogP contribution in [0, 0.1) is 59.2 Å². The van der Waals surface area contributed by atoms with Crippen LogP contribution in [-0.4, -0.2) is 0 Å². The molecule has 0 aliphatic rings. The third kappa shape index (κ3) is 25.0. The van der Waals surface area contributed by atoms with Gasteiger partial charge >= 0.3 is 0 Å². The lowest BCUT2D eigenvalue weighted by molar-refractivity contribution is 0.424. The molecule has 0 fully saturated rings. The SMILES string of the molecule is CC(C)CCCC(C)CCc1c(CCC(C)CCCC(C)C)c(CCC(C)CCCC(C)C)c(-c2ccc(Br)cc2)c(CCC(C)CCCC(C)C)c1CCC(C)CCCC(C)C. The standard InChI is InChI=1S/C62H109Br/c1-45(2)21-16-26-50(11)31-40-57-58(41-32-51(12)27-17-22-46(3)4)60(43-34-53(14)29-19-24-48(7)8)62(55-36-38-56(63)39-37-55)61(44-35-54(15)30-20-25-49(9)10)59(57)42-33-52(13)28-18-23-47(5)6/h36-39,45-54H,16-35,40-44H2,1-15H3. The van der Waals surface area contributed by atoms with Crippen molar-refractivity contribution in [2.75, 3.05) is 0 Å². The van der Waals surface area contributed by atoms with Crippen LogP contribution >= 0.6 is 15.9 Å². The van der Waals surface area contributed by atoms with E-state index in [9.17, 15) is 0 Å². The molecule has 0 aromatic heterocycles. The highest BCUT2D eigenvalue weighted by Gasteiger charge is 2.26. The van der Waals surface area contributed by atoms with Crippen LogP contribution in [0.25, 0.3) is 11.1 Å². The topological polar surface area (TPSA) is 0 Å². The summed E-state index contributed by atoms with van der Waals surface area (Å²) in [5.41, 5.74) is 12.1. The highest BCUT2D eigenvalue weighted by Crippen LogP contribution is 2.42. The molecule has 63 heavy (non-hydrogen) atoms. The maximum Gasteiger partial charge on any atom is 0.0175 e. The van der Waals surface area contributed by atoms with Gasteiger partial charge in [-0.3, -0.25) is 0 Å². The quantitative estimate of drug-likeness (QED) is 0.0639. The predicted molar refractivity (Wildman–Crippen MR) is 290 cm³/mol. The smallest absolute Gasteiger partial charge is 0.0175 e. The Hall–Kier alpha value is -1.08. The number of benzene rings is 2. The van der Waals surface area contributed by atoms with Gasteiger partial charge in [0.1, 0.15) is 0 Å². The van der Waals surface area contributed by atoms with Gasteiger partial charge in [0.05, 0.1) is 0 Å². The minimum atomic E-state index is 0.754. The highest BCUT2D eigenvalue weighted by molar-refractivity contribution is 9.10. The summed E-state index contributed by atoms with van der Waals surface area (Å²) in [5, 5.41) is 0. The Labute approximate surface area is 405 Å². The van der Waals surface area contributed by atoms with Crippen LogP contribution in [0.5, 0.6) is 0 Å². The average Bonchev–Trinajstić information content (AvgIpc) is 3.19. The second-order valence-electron chi connectivity index (χ2n) is 24.1. The van der Waals surface area contributed by atoms with Crippen LogP contribution in [0.2, 0.25) is 0 Å². The number of hydrogen-bond donors (Lipinski definition) is 0. The molecule has 0 saturated carbocycles. The molecule has 2 aromatic carbocycles. The van der Waals surface area contributed by atoms with Gasteiger partial charge in [0.15, 0.2) is 0 Å². The molecular weight excluding hydrogens is 825 g/mol. The lowest BCUT2D eigenvalue weighted by Crippen LogP contribution is -2.16. The van der Waals surface area contributed by atoms with E-state index in [0.717, 1.165) is 59.2 Å². The fraction of sp³-hybridized carbons (Fsp3) is 0.806. The molecule has 2 rings (SSSR count). The molecule has 0 aliphatic carbocycles. The summed E-state index contributed by atoms with van der Waals surface area (Å²) in [5.74, 6) is 7.81. The molecule has 5 unspecified atom stereocenters. The van der Waals surface area contributed by atoms with E-state index >= 15 is 0 Å². The Kier molecular flexibility index (Phi) is 30.0. The molecular formula is C62H109Br. The second kappa shape index (κ2) is 32.6. The zero-order valence-corrected chi connectivity index (χ0v) is 46.7. The van der Waals surface area contributed by atoms with Gasteiger partial charge in [0.25, 0.3) is 0 Å². The van der Waals surface area contributed by atoms with Crippen molar-refractivity contribution < 1.29 is 0 Å². The van der Waals surface area contributed by atoms with Crippen LogP contribution in [0.15, 0.2) is 28.7 Å². The summed E-state index contributed by atoms with van der Waals surface area (Å²) in [6, 6.07) is 9.65. The first-order chi connectivity index (χ1) is 29.9. The zero-order chi connectivity index (χ0) is 46.9. The van der Waals surface area contributed by atoms with E-state index in [1.807, 2.05) is 16.7 Å². The molecule has 0 nitrogen and oxygen atoms in total. The number of halogens is 1. The summed E-state index contributed by atoms with van der Waals surface area (Å²) >= 11 is 3.86. The third-order valence-electron chi connectivity index (χ3n) is 15.0. The van der Waals surface area contributed by atoms with E-state index < -0.39 is 0 Å². The van der Waals surface area contributed by atoms with Gasteiger partial charge in [0.2, 0.25) is 0 Å². The first-order valence-electron chi connectivity index (χ1n) is 27.8. The van der Waals surface area contributed by atoms with Gasteiger partial charge in [0, 0.05) is 4.47 Å². The third-order valence-corrected chi connectivity index (χ3v) is 15.5. The van der Waals surface area contributed by atoms with Crippen LogP contribution in [0.1, 0.15) is 260 Å². The molecule has 0 saturated heterocycles. The van der Waals surface area contributed by atoms with E-state index in [0.29, 0.717) is 0 Å². The lowest BCUT2D eigenvalue weighted by atomic mass is 9.74. The fourth-order valence-corrected chi connectivity index (χ4v) is 10.8. The predicted octanol–water partition coefficient (Wildman–Crippen LogP) is 21.1. The summed E-state index contributed by atoms with van der Waals surface area (Å²) < 4.78 is 1.20. The Bertz CT molecular complexity index is 1370. The van der Waals surface area contributed by atoms with Crippen molar-refractivity contribution >= 4 is 15.9 Å². The molecule has 0 amide bonds. The number of hydrogen-bond acceptors (Lipinski definition) is 0. The monoisotopic (exact) mass is 933 g/mol. The normalized spacial score (nSPS) is 14.7. The minimum Gasteiger partial charge on any atom is -0.0628 e. The van der Waals surface area contributed by atoms with E-state index in [4.69, 9.17) is 0 Å². The van der Waals surface area contributed by atoms with E-state index in [1.54, 1.807) is 16.7 Å². The first kappa shape index (κ1) is 58.0. The molecule has 1 heteroatoms. The van der Waals surface area contributed by atoms with Crippen molar-refractivity contribution in [3.05, 3.63) is 56.6 Å². The van der Waals surface area contributed by atoms with Crippen LogP contribution < -0.4 is 0 Å². The maximum absolute atomic E-state index is 3.86. The molecule has 5 atom stereocenters. The Morgan fingerprint density at radius 1 is 0.286 bits per heavy atom. The molecule has 0 radical (unpaired) electrons. The maximum atomic E-state index is 3.86.